The van der Waals surface area contributed by atoms with Crippen LogP contribution in [0, 0.1) is 0 Å². The first-order valence-electron chi connectivity index (χ1n) is 0.894. The second-order valence-electron chi connectivity index (χ2n) is 0.600. The molecule has 0 spiro atoms. The van der Waals surface area contributed by atoms with Crippen LogP contribution in [0.2, 0.25) is 0 Å². The number of hydrogen-bond acceptors (Lipinski definition) is 4. The van der Waals surface area contributed by atoms with Crippen molar-refractivity contribution in [2.24, 2.45) is 0 Å². The van der Waals surface area contributed by atoms with E-state index in [-0.39, 0.29) is 46.6 Å². The van der Waals surface area contributed by atoms with Gasteiger partial charge in [-0.1, -0.05) is 0 Å². The van der Waals surface area contributed by atoms with E-state index in [0.717, 1.165) is 0 Å². The maximum absolute atomic E-state index is 7.33. The van der Waals surface area contributed by atoms with Gasteiger partial charge in [-0.2, -0.15) is 0 Å². The molecule has 7 heavy (non-hydrogen) atoms. The van der Waals surface area contributed by atoms with E-state index < -0.39 is 9.05 Å². The summed E-state index contributed by atoms with van der Waals surface area (Å²) in [6, 6.07) is 0. The van der Waals surface area contributed by atoms with Gasteiger partial charge in [0, 0.05) is 17.1 Å². The molecule has 0 aromatic heterocycles. The molecule has 1 radical (unpaired) electrons. The summed E-state index contributed by atoms with van der Waals surface area (Å²) in [6.45, 7) is 0. The number of rotatable bonds is 0. The zero-order chi connectivity index (χ0) is 4.50. The average molecular weight is 184 g/mol. The van der Waals surface area contributed by atoms with E-state index in [4.69, 9.17) is 19.2 Å². The van der Waals surface area contributed by atoms with Crippen LogP contribution in [0.5, 0.6) is 0 Å². The van der Waals surface area contributed by atoms with Gasteiger partial charge >= 0.3 is 38.6 Å². The summed E-state index contributed by atoms with van der Waals surface area (Å²) in [5.74, 6) is 0. The first-order valence-corrected chi connectivity index (χ1v) is 2.68. The van der Waals surface area contributed by atoms with E-state index in [2.05, 4.69) is 0 Å². The fourth-order valence-corrected chi connectivity index (χ4v) is 0. The van der Waals surface area contributed by atoms with Crippen LogP contribution in [0.15, 0.2) is 0 Å². The minimum atomic E-state index is -4.61. The third-order valence-corrected chi connectivity index (χ3v) is 0. The van der Waals surface area contributed by atoms with Gasteiger partial charge in [-0.15, -0.1) is 0 Å². The second-order valence-corrected chi connectivity index (χ2v) is 1.80. The fourth-order valence-electron chi connectivity index (χ4n) is 0. The summed E-state index contributed by atoms with van der Waals surface area (Å²) >= 11 is 0. The zero-order valence-electron chi connectivity index (χ0n) is 2.59. The molecule has 0 aliphatic heterocycles. The minimum absolute atomic E-state index is 0. The summed E-state index contributed by atoms with van der Waals surface area (Å²) in [5, 5.41) is 0. The van der Waals surface area contributed by atoms with Crippen molar-refractivity contribution < 1.29 is 36.3 Å². The first kappa shape index (κ1) is 15.8. The predicted molar refractivity (Wildman–Crippen MR) is 21.8 cm³/mol. The molecule has 0 amide bonds. The van der Waals surface area contributed by atoms with Gasteiger partial charge in [-0.3, -0.25) is 0 Å². The normalized spacial score (nSPS) is 8.57. The molecule has 45 valence electrons. The van der Waals surface area contributed by atoms with Crippen LogP contribution >= 0.6 is 0 Å². The van der Waals surface area contributed by atoms with Crippen molar-refractivity contribution in [3.05, 3.63) is 0 Å². The maximum atomic E-state index is 7.33. The van der Waals surface area contributed by atoms with Gasteiger partial charge in [0.1, 0.15) is 0 Å². The van der Waals surface area contributed by atoms with Crippen molar-refractivity contribution in [1.82, 2.24) is 0 Å². The molecule has 0 aromatic rings. The van der Waals surface area contributed by atoms with Crippen LogP contribution in [0.1, 0.15) is 0 Å². The van der Waals surface area contributed by atoms with Gasteiger partial charge in [0.2, 0.25) is 0 Å². The molecular formula is H5CuNaO4Si. The summed E-state index contributed by atoms with van der Waals surface area (Å²) in [4.78, 5) is 29.3. The standard InChI is InChI=1S/Cu.Na.H4O4Si.H/c;;1-5(2,3)4;/h;;1-4H;. The Morgan fingerprint density at radius 1 is 0.857 bits per heavy atom. The average Bonchev–Trinajstić information content (AvgIpc) is 0.722. The summed E-state index contributed by atoms with van der Waals surface area (Å²) in [6.07, 6.45) is 0. The molecule has 0 unspecified atom stereocenters. The molecule has 4 nitrogen and oxygen atoms in total. The van der Waals surface area contributed by atoms with Gasteiger partial charge < -0.3 is 19.2 Å². The van der Waals surface area contributed by atoms with Crippen LogP contribution in [0.25, 0.3) is 0 Å². The van der Waals surface area contributed by atoms with Crippen LogP contribution in [0.3, 0.4) is 0 Å². The molecule has 0 rings (SSSR count). The van der Waals surface area contributed by atoms with Crippen molar-refractivity contribution in [1.29, 1.82) is 0 Å². The van der Waals surface area contributed by atoms with Crippen molar-refractivity contribution >= 4 is 38.6 Å². The molecule has 0 aromatic carbocycles. The molecule has 0 heterocycles. The third kappa shape index (κ3) is 94.8. The van der Waals surface area contributed by atoms with E-state index in [9.17, 15) is 0 Å². The second kappa shape index (κ2) is 5.71. The predicted octanol–water partition coefficient (Wildman–Crippen LogP) is -3.26. The Hall–Kier alpha value is 1.58. The van der Waals surface area contributed by atoms with Crippen LogP contribution in [-0.2, 0) is 17.1 Å². The van der Waals surface area contributed by atoms with E-state index >= 15 is 0 Å². The SMILES string of the molecule is O[Si](O)(O)O.[Cu].[NaH]. The number of hydrogen-bond donors (Lipinski definition) is 4. The molecule has 0 fully saturated rings. The Balaban J connectivity index is -0.0000000800. The Labute approximate surface area is 74.4 Å². The van der Waals surface area contributed by atoms with Crippen LogP contribution < -0.4 is 0 Å². The summed E-state index contributed by atoms with van der Waals surface area (Å²) in [5.41, 5.74) is 0. The molecule has 0 aliphatic rings. The van der Waals surface area contributed by atoms with Crippen molar-refractivity contribution in [3.8, 4) is 0 Å². The Bertz CT molecular complexity index is 27.2. The van der Waals surface area contributed by atoms with Crippen molar-refractivity contribution in [3.63, 3.8) is 0 Å². The van der Waals surface area contributed by atoms with Gasteiger partial charge in [0.05, 0.1) is 0 Å². The van der Waals surface area contributed by atoms with Gasteiger partial charge in [0.25, 0.3) is 0 Å². The van der Waals surface area contributed by atoms with Gasteiger partial charge in [-0.25, -0.2) is 0 Å². The monoisotopic (exact) mass is 183 g/mol. The van der Waals surface area contributed by atoms with Crippen molar-refractivity contribution in [2.75, 3.05) is 0 Å². The fraction of sp³-hybridized carbons (Fsp3) is 0. The van der Waals surface area contributed by atoms with Gasteiger partial charge in [-0.05, 0) is 0 Å². The molecule has 0 bridgehead atoms. The molecule has 0 atom stereocenters. The molecule has 0 saturated carbocycles. The van der Waals surface area contributed by atoms with E-state index in [1.807, 2.05) is 0 Å². The Morgan fingerprint density at radius 3 is 0.857 bits per heavy atom. The van der Waals surface area contributed by atoms with Crippen LogP contribution in [-0.4, -0.2) is 57.8 Å². The molecule has 7 heteroatoms. The van der Waals surface area contributed by atoms with Crippen molar-refractivity contribution in [2.45, 2.75) is 0 Å². The first-order chi connectivity index (χ1) is 2.00. The molecule has 0 aliphatic carbocycles. The topological polar surface area (TPSA) is 80.9 Å². The van der Waals surface area contributed by atoms with E-state index in [0.29, 0.717) is 0 Å². The zero-order valence-corrected chi connectivity index (χ0v) is 4.53. The van der Waals surface area contributed by atoms with Gasteiger partial charge in [0.15, 0.2) is 0 Å². The Morgan fingerprint density at radius 2 is 0.857 bits per heavy atom. The quantitative estimate of drug-likeness (QED) is 0.298. The Kier molecular flexibility index (Phi) is 12.9. The van der Waals surface area contributed by atoms with Crippen LogP contribution in [0.4, 0.5) is 0 Å². The molecular weight excluding hydrogens is 179 g/mol. The molecule has 4 N–H and O–H groups in total. The third-order valence-electron chi connectivity index (χ3n) is 0. The van der Waals surface area contributed by atoms with E-state index in [1.165, 1.54) is 0 Å². The summed E-state index contributed by atoms with van der Waals surface area (Å²) in [7, 11) is -4.61. The molecule has 0 saturated heterocycles. The summed E-state index contributed by atoms with van der Waals surface area (Å²) < 4.78 is 0. The van der Waals surface area contributed by atoms with E-state index in [1.54, 1.807) is 0 Å².